The third-order valence-corrected chi connectivity index (χ3v) is 3.75. The van der Waals surface area contributed by atoms with Crippen molar-refractivity contribution in [2.24, 2.45) is 0 Å². The van der Waals surface area contributed by atoms with Gasteiger partial charge in [0.05, 0.1) is 4.92 Å². The van der Waals surface area contributed by atoms with Crippen molar-refractivity contribution in [3.05, 3.63) is 46.3 Å². The Labute approximate surface area is 127 Å². The van der Waals surface area contributed by atoms with E-state index < -0.39 is 4.92 Å². The van der Waals surface area contributed by atoms with Crippen molar-refractivity contribution >= 4 is 17.3 Å². The number of nitro groups is 1. The molecule has 1 aliphatic rings. The maximum absolute atomic E-state index is 10.8. The standard InChI is InChI=1S/C14H16N6O2/c1-11-9-14(15-10-12(11)20(21)22)19-7-5-18(6-8-19)13-3-2-4-16-17-13/h2-4,9-10H,5-8H2,1H3. The van der Waals surface area contributed by atoms with Crippen molar-refractivity contribution in [2.75, 3.05) is 36.0 Å². The second kappa shape index (κ2) is 5.92. The minimum Gasteiger partial charge on any atom is -0.353 e. The number of anilines is 2. The fourth-order valence-electron chi connectivity index (χ4n) is 2.52. The molecule has 8 nitrogen and oxygen atoms in total. The number of aryl methyl sites for hydroxylation is 1. The minimum absolute atomic E-state index is 0.0574. The van der Waals surface area contributed by atoms with E-state index in [1.54, 1.807) is 19.2 Å². The summed E-state index contributed by atoms with van der Waals surface area (Å²) in [4.78, 5) is 19.0. The van der Waals surface area contributed by atoms with Gasteiger partial charge in [-0.15, -0.1) is 5.10 Å². The predicted octanol–water partition coefficient (Wildman–Crippen LogP) is 1.41. The summed E-state index contributed by atoms with van der Waals surface area (Å²) in [5.41, 5.74) is 0.688. The minimum atomic E-state index is -0.405. The Balaban J connectivity index is 1.69. The fourth-order valence-corrected chi connectivity index (χ4v) is 2.52. The van der Waals surface area contributed by atoms with Crippen molar-refractivity contribution in [3.8, 4) is 0 Å². The summed E-state index contributed by atoms with van der Waals surface area (Å²) in [7, 11) is 0. The van der Waals surface area contributed by atoms with Crippen LogP contribution in [0.2, 0.25) is 0 Å². The van der Waals surface area contributed by atoms with E-state index in [-0.39, 0.29) is 5.69 Å². The second-order valence-electron chi connectivity index (χ2n) is 5.14. The zero-order chi connectivity index (χ0) is 15.5. The van der Waals surface area contributed by atoms with Gasteiger partial charge >= 0.3 is 0 Å². The molecule has 0 aromatic carbocycles. The summed E-state index contributed by atoms with van der Waals surface area (Å²) < 4.78 is 0. The Morgan fingerprint density at radius 2 is 1.86 bits per heavy atom. The summed E-state index contributed by atoms with van der Waals surface area (Å²) in [5.74, 6) is 1.65. The first-order valence-electron chi connectivity index (χ1n) is 7.04. The summed E-state index contributed by atoms with van der Waals surface area (Å²) in [5, 5.41) is 18.8. The second-order valence-corrected chi connectivity index (χ2v) is 5.14. The fraction of sp³-hybridized carbons (Fsp3) is 0.357. The summed E-state index contributed by atoms with van der Waals surface area (Å²) in [6.07, 6.45) is 2.99. The van der Waals surface area contributed by atoms with Gasteiger partial charge in [-0.05, 0) is 25.1 Å². The first-order chi connectivity index (χ1) is 10.6. The van der Waals surface area contributed by atoms with Crippen molar-refractivity contribution in [1.29, 1.82) is 0 Å². The normalized spacial score (nSPS) is 15.0. The van der Waals surface area contributed by atoms with Gasteiger partial charge in [-0.25, -0.2) is 4.98 Å². The molecule has 2 aromatic rings. The number of nitrogens with zero attached hydrogens (tertiary/aromatic N) is 6. The van der Waals surface area contributed by atoms with Crippen LogP contribution in [0, 0.1) is 17.0 Å². The molecular formula is C14H16N6O2. The number of hydrogen-bond donors (Lipinski definition) is 0. The molecule has 3 rings (SSSR count). The van der Waals surface area contributed by atoms with Crippen LogP contribution in [0.15, 0.2) is 30.6 Å². The highest BCUT2D eigenvalue weighted by molar-refractivity contribution is 5.50. The van der Waals surface area contributed by atoms with Crippen LogP contribution in [-0.2, 0) is 0 Å². The van der Waals surface area contributed by atoms with Crippen molar-refractivity contribution < 1.29 is 4.92 Å². The van der Waals surface area contributed by atoms with Crippen molar-refractivity contribution in [3.63, 3.8) is 0 Å². The first-order valence-corrected chi connectivity index (χ1v) is 7.04. The molecule has 0 atom stereocenters. The smallest absolute Gasteiger partial charge is 0.290 e. The van der Waals surface area contributed by atoms with E-state index in [1.165, 1.54) is 6.20 Å². The van der Waals surface area contributed by atoms with Gasteiger partial charge in [0.2, 0.25) is 0 Å². The molecule has 22 heavy (non-hydrogen) atoms. The Morgan fingerprint density at radius 1 is 1.18 bits per heavy atom. The SMILES string of the molecule is Cc1cc(N2CCN(c3cccnn3)CC2)ncc1[N+](=O)[O-]. The molecular weight excluding hydrogens is 284 g/mol. The Morgan fingerprint density at radius 3 is 2.41 bits per heavy atom. The zero-order valence-electron chi connectivity index (χ0n) is 12.2. The molecule has 114 valence electrons. The van der Waals surface area contributed by atoms with Gasteiger partial charge in [0.15, 0.2) is 5.82 Å². The Bertz CT molecular complexity index is 670. The number of pyridine rings is 1. The topological polar surface area (TPSA) is 88.3 Å². The highest BCUT2D eigenvalue weighted by Crippen LogP contribution is 2.23. The van der Waals surface area contributed by atoms with Crippen molar-refractivity contribution in [2.45, 2.75) is 6.92 Å². The van der Waals surface area contributed by atoms with Crippen LogP contribution in [0.3, 0.4) is 0 Å². The lowest BCUT2D eigenvalue weighted by Gasteiger charge is -2.35. The van der Waals surface area contributed by atoms with Gasteiger partial charge in [-0.2, -0.15) is 5.10 Å². The molecule has 0 radical (unpaired) electrons. The van der Waals surface area contributed by atoms with Crippen molar-refractivity contribution in [1.82, 2.24) is 15.2 Å². The van der Waals surface area contributed by atoms with Crippen LogP contribution >= 0.6 is 0 Å². The largest absolute Gasteiger partial charge is 0.353 e. The number of hydrogen-bond acceptors (Lipinski definition) is 7. The summed E-state index contributed by atoms with van der Waals surface area (Å²) in [6, 6.07) is 5.59. The highest BCUT2D eigenvalue weighted by Gasteiger charge is 2.21. The third kappa shape index (κ3) is 2.80. The van der Waals surface area contributed by atoms with Gasteiger partial charge in [0.1, 0.15) is 12.0 Å². The molecule has 0 unspecified atom stereocenters. The van der Waals surface area contributed by atoms with E-state index >= 15 is 0 Å². The molecule has 0 saturated carbocycles. The Hall–Kier alpha value is -2.77. The van der Waals surface area contributed by atoms with E-state index in [0.29, 0.717) is 5.56 Å². The van der Waals surface area contributed by atoms with Gasteiger partial charge in [-0.3, -0.25) is 10.1 Å². The monoisotopic (exact) mass is 300 g/mol. The van der Waals surface area contributed by atoms with Crippen LogP contribution in [0.4, 0.5) is 17.3 Å². The molecule has 1 saturated heterocycles. The molecule has 0 spiro atoms. The molecule has 0 amide bonds. The van der Waals surface area contributed by atoms with E-state index in [2.05, 4.69) is 25.0 Å². The van der Waals surface area contributed by atoms with Gasteiger partial charge in [0.25, 0.3) is 5.69 Å². The number of aromatic nitrogens is 3. The van der Waals surface area contributed by atoms with Crippen LogP contribution < -0.4 is 9.80 Å². The quantitative estimate of drug-likeness (QED) is 0.625. The maximum Gasteiger partial charge on any atom is 0.290 e. The molecule has 2 aromatic heterocycles. The lowest BCUT2D eigenvalue weighted by Crippen LogP contribution is -2.47. The lowest BCUT2D eigenvalue weighted by atomic mass is 10.2. The average molecular weight is 300 g/mol. The van der Waals surface area contributed by atoms with E-state index in [1.807, 2.05) is 12.1 Å². The van der Waals surface area contributed by atoms with Crippen LogP contribution in [-0.4, -0.2) is 46.3 Å². The molecule has 8 heteroatoms. The van der Waals surface area contributed by atoms with Gasteiger partial charge < -0.3 is 9.80 Å². The van der Waals surface area contributed by atoms with E-state index in [0.717, 1.165) is 37.8 Å². The molecule has 1 aliphatic heterocycles. The van der Waals surface area contributed by atoms with Crippen LogP contribution in [0.1, 0.15) is 5.56 Å². The maximum atomic E-state index is 10.8. The average Bonchev–Trinajstić information content (AvgIpc) is 2.55. The summed E-state index contributed by atoms with van der Waals surface area (Å²) in [6.45, 7) is 4.95. The molecule has 1 fully saturated rings. The summed E-state index contributed by atoms with van der Waals surface area (Å²) >= 11 is 0. The van der Waals surface area contributed by atoms with Crippen LogP contribution in [0.5, 0.6) is 0 Å². The van der Waals surface area contributed by atoms with E-state index in [9.17, 15) is 10.1 Å². The van der Waals surface area contributed by atoms with E-state index in [4.69, 9.17) is 0 Å². The molecule has 0 N–H and O–H groups in total. The van der Waals surface area contributed by atoms with Gasteiger partial charge in [0, 0.05) is 37.9 Å². The molecule has 3 heterocycles. The van der Waals surface area contributed by atoms with Crippen LogP contribution in [0.25, 0.3) is 0 Å². The lowest BCUT2D eigenvalue weighted by molar-refractivity contribution is -0.385. The van der Waals surface area contributed by atoms with Gasteiger partial charge in [-0.1, -0.05) is 0 Å². The third-order valence-electron chi connectivity index (χ3n) is 3.75. The number of rotatable bonds is 3. The highest BCUT2D eigenvalue weighted by atomic mass is 16.6. The Kier molecular flexibility index (Phi) is 3.82. The first kappa shape index (κ1) is 14.2. The molecule has 0 bridgehead atoms. The zero-order valence-corrected chi connectivity index (χ0v) is 12.2. The molecule has 0 aliphatic carbocycles. The number of piperazine rings is 1. The predicted molar refractivity (Wildman–Crippen MR) is 82.1 cm³/mol.